The largest absolute Gasteiger partial charge is 0.370 e. The van der Waals surface area contributed by atoms with E-state index in [2.05, 4.69) is 10.3 Å². The van der Waals surface area contributed by atoms with Crippen molar-refractivity contribution in [1.29, 1.82) is 0 Å². The van der Waals surface area contributed by atoms with Gasteiger partial charge in [0.25, 0.3) is 0 Å². The van der Waals surface area contributed by atoms with Crippen molar-refractivity contribution in [3.63, 3.8) is 0 Å². The van der Waals surface area contributed by atoms with Crippen molar-refractivity contribution in [2.75, 3.05) is 32.5 Å². The fourth-order valence-corrected chi connectivity index (χ4v) is 4.47. The average molecular weight is 463 g/mol. The van der Waals surface area contributed by atoms with Crippen LogP contribution in [0.15, 0.2) is 79.0 Å². The SMILES string of the molecule is CN(C)C(=O)N1CC(c2cc(F)ccc2F)=CC1(CCCNc1ccccn1)c1ccccc1. The molecule has 0 saturated heterocycles. The van der Waals surface area contributed by atoms with E-state index in [0.29, 0.717) is 18.5 Å². The third kappa shape index (κ3) is 4.78. The first kappa shape index (κ1) is 23.4. The second kappa shape index (κ2) is 10.0. The zero-order valence-electron chi connectivity index (χ0n) is 19.3. The summed E-state index contributed by atoms with van der Waals surface area (Å²) in [7, 11) is 3.39. The predicted octanol–water partition coefficient (Wildman–Crippen LogP) is 5.53. The number of carbonyl (C=O) groups is 1. The van der Waals surface area contributed by atoms with Gasteiger partial charge in [-0.05, 0) is 60.4 Å². The number of anilines is 1. The molecule has 5 nitrogen and oxygen atoms in total. The molecule has 0 aliphatic carbocycles. The van der Waals surface area contributed by atoms with E-state index in [4.69, 9.17) is 0 Å². The molecule has 4 rings (SSSR count). The fraction of sp³-hybridized carbons (Fsp3) is 0.259. The summed E-state index contributed by atoms with van der Waals surface area (Å²) in [6.07, 6.45) is 4.97. The maximum absolute atomic E-state index is 14.7. The maximum atomic E-state index is 14.7. The summed E-state index contributed by atoms with van der Waals surface area (Å²) in [4.78, 5) is 20.9. The van der Waals surface area contributed by atoms with Crippen molar-refractivity contribution < 1.29 is 13.6 Å². The van der Waals surface area contributed by atoms with Crippen LogP contribution in [0.5, 0.6) is 0 Å². The minimum absolute atomic E-state index is 0.181. The molecule has 3 aromatic rings. The summed E-state index contributed by atoms with van der Waals surface area (Å²) in [5.74, 6) is -0.243. The van der Waals surface area contributed by atoms with Crippen molar-refractivity contribution in [3.8, 4) is 0 Å². The van der Waals surface area contributed by atoms with Crippen LogP contribution >= 0.6 is 0 Å². The van der Waals surface area contributed by atoms with E-state index in [1.807, 2.05) is 54.6 Å². The van der Waals surface area contributed by atoms with E-state index in [0.717, 1.165) is 29.9 Å². The molecule has 0 saturated carbocycles. The predicted molar refractivity (Wildman–Crippen MR) is 130 cm³/mol. The Labute approximate surface area is 198 Å². The zero-order valence-corrected chi connectivity index (χ0v) is 19.3. The van der Waals surface area contributed by atoms with Crippen molar-refractivity contribution in [1.82, 2.24) is 14.8 Å². The third-order valence-corrected chi connectivity index (χ3v) is 6.09. The van der Waals surface area contributed by atoms with Crippen LogP contribution < -0.4 is 5.32 Å². The minimum atomic E-state index is -0.803. The molecule has 1 atom stereocenters. The summed E-state index contributed by atoms with van der Waals surface area (Å²) < 4.78 is 28.7. The third-order valence-electron chi connectivity index (χ3n) is 6.09. The lowest BCUT2D eigenvalue weighted by Crippen LogP contribution is -2.49. The molecule has 1 aliphatic rings. The highest BCUT2D eigenvalue weighted by Gasteiger charge is 2.45. The number of urea groups is 1. The second-order valence-corrected chi connectivity index (χ2v) is 8.59. The molecular weight excluding hydrogens is 434 g/mol. The molecule has 1 aliphatic heterocycles. The Hall–Kier alpha value is -3.74. The fourth-order valence-electron chi connectivity index (χ4n) is 4.47. The quantitative estimate of drug-likeness (QED) is 0.470. The lowest BCUT2D eigenvalue weighted by atomic mass is 9.84. The number of amides is 2. The van der Waals surface area contributed by atoms with Crippen LogP contribution in [-0.2, 0) is 5.54 Å². The Morgan fingerprint density at radius 3 is 2.56 bits per heavy atom. The smallest absolute Gasteiger partial charge is 0.320 e. The highest BCUT2D eigenvalue weighted by atomic mass is 19.1. The van der Waals surface area contributed by atoms with Crippen LogP contribution in [-0.4, -0.2) is 48.0 Å². The van der Waals surface area contributed by atoms with Crippen molar-refractivity contribution in [3.05, 3.63) is 102 Å². The Morgan fingerprint density at radius 1 is 1.09 bits per heavy atom. The highest BCUT2D eigenvalue weighted by molar-refractivity contribution is 5.83. The highest BCUT2D eigenvalue weighted by Crippen LogP contribution is 2.44. The van der Waals surface area contributed by atoms with Gasteiger partial charge in [-0.25, -0.2) is 18.6 Å². The van der Waals surface area contributed by atoms with Gasteiger partial charge in [0.05, 0.1) is 5.54 Å². The molecule has 1 aromatic heterocycles. The molecule has 0 radical (unpaired) electrons. The van der Waals surface area contributed by atoms with Crippen LogP contribution in [0.2, 0.25) is 0 Å². The summed E-state index contributed by atoms with van der Waals surface area (Å²) >= 11 is 0. The number of hydrogen-bond acceptors (Lipinski definition) is 3. The Kier molecular flexibility index (Phi) is 6.91. The van der Waals surface area contributed by atoms with Gasteiger partial charge < -0.3 is 15.1 Å². The van der Waals surface area contributed by atoms with Gasteiger partial charge in [-0.2, -0.15) is 0 Å². The van der Waals surface area contributed by atoms with Gasteiger partial charge in [0.1, 0.15) is 17.5 Å². The van der Waals surface area contributed by atoms with E-state index in [1.165, 1.54) is 11.0 Å². The first-order chi connectivity index (χ1) is 16.4. The van der Waals surface area contributed by atoms with Crippen LogP contribution in [0.3, 0.4) is 0 Å². The van der Waals surface area contributed by atoms with E-state index >= 15 is 0 Å². The molecule has 1 N–H and O–H groups in total. The van der Waals surface area contributed by atoms with E-state index in [-0.39, 0.29) is 18.1 Å². The second-order valence-electron chi connectivity index (χ2n) is 8.59. The molecule has 176 valence electrons. The standard InChI is InChI=1S/C27H28F2N4O/c1-32(2)26(34)33-19-20(23-17-22(28)12-13-24(23)29)18-27(33,21-9-4-3-5-10-21)14-8-16-31-25-11-6-7-15-30-25/h3-7,9-13,15,17-18H,8,14,16,19H2,1-2H3,(H,30,31). The van der Waals surface area contributed by atoms with Crippen molar-refractivity contribution >= 4 is 17.4 Å². The molecule has 2 heterocycles. The van der Waals surface area contributed by atoms with Crippen LogP contribution in [0, 0.1) is 11.6 Å². The lowest BCUT2D eigenvalue weighted by molar-refractivity contribution is 0.130. The van der Waals surface area contributed by atoms with Crippen LogP contribution in [0.4, 0.5) is 19.4 Å². The summed E-state index contributed by atoms with van der Waals surface area (Å²) in [6, 6.07) is 18.6. The van der Waals surface area contributed by atoms with Crippen molar-refractivity contribution in [2.24, 2.45) is 0 Å². The summed E-state index contributed by atoms with van der Waals surface area (Å²) in [5.41, 5.74) is 0.896. The molecule has 0 spiro atoms. The molecule has 0 fully saturated rings. The Bertz CT molecular complexity index is 1170. The monoisotopic (exact) mass is 462 g/mol. The number of hydrogen-bond donors (Lipinski definition) is 1. The van der Waals surface area contributed by atoms with E-state index in [9.17, 15) is 13.6 Å². The number of halogens is 2. The average Bonchev–Trinajstić information content (AvgIpc) is 3.24. The number of carbonyl (C=O) groups excluding carboxylic acids is 1. The zero-order chi connectivity index (χ0) is 24.1. The van der Waals surface area contributed by atoms with Gasteiger partial charge in [-0.15, -0.1) is 0 Å². The van der Waals surface area contributed by atoms with Gasteiger partial charge in [0.15, 0.2) is 0 Å². The first-order valence-electron chi connectivity index (χ1n) is 11.3. The van der Waals surface area contributed by atoms with Gasteiger partial charge >= 0.3 is 6.03 Å². The molecule has 2 aromatic carbocycles. The Balaban J connectivity index is 1.72. The van der Waals surface area contributed by atoms with Gasteiger partial charge in [0.2, 0.25) is 0 Å². The van der Waals surface area contributed by atoms with Gasteiger partial charge in [-0.3, -0.25) is 0 Å². The van der Waals surface area contributed by atoms with Gasteiger partial charge in [-0.1, -0.05) is 36.4 Å². The molecule has 0 bridgehead atoms. The molecule has 2 amide bonds. The van der Waals surface area contributed by atoms with Crippen LogP contribution in [0.25, 0.3) is 5.57 Å². The summed E-state index contributed by atoms with van der Waals surface area (Å²) in [5, 5.41) is 3.31. The van der Waals surface area contributed by atoms with Gasteiger partial charge in [0, 0.05) is 38.9 Å². The number of nitrogens with zero attached hydrogens (tertiary/aromatic N) is 3. The first-order valence-corrected chi connectivity index (χ1v) is 11.3. The lowest BCUT2D eigenvalue weighted by Gasteiger charge is -2.40. The van der Waals surface area contributed by atoms with E-state index in [1.54, 1.807) is 25.2 Å². The summed E-state index contributed by atoms with van der Waals surface area (Å²) in [6.45, 7) is 0.826. The van der Waals surface area contributed by atoms with E-state index < -0.39 is 17.2 Å². The maximum Gasteiger partial charge on any atom is 0.320 e. The number of pyridine rings is 1. The van der Waals surface area contributed by atoms with Crippen LogP contribution in [0.1, 0.15) is 24.0 Å². The van der Waals surface area contributed by atoms with Crippen molar-refractivity contribution in [2.45, 2.75) is 18.4 Å². The number of benzene rings is 2. The number of rotatable bonds is 7. The minimum Gasteiger partial charge on any atom is -0.370 e. The Morgan fingerprint density at radius 2 is 1.85 bits per heavy atom. The molecule has 7 heteroatoms. The molecular formula is C27H28F2N4O. The molecule has 34 heavy (non-hydrogen) atoms. The topological polar surface area (TPSA) is 48.5 Å². The molecule has 1 unspecified atom stereocenters. The normalized spacial score (nSPS) is 17.4. The number of aromatic nitrogens is 1. The number of nitrogens with one attached hydrogen (secondary N) is 1.